The molecule has 3 rings (SSSR count). The molecule has 0 spiro atoms. The van der Waals surface area contributed by atoms with E-state index in [1.807, 2.05) is 36.4 Å². The fraction of sp³-hybridized carbons (Fsp3) is 0.0952. The van der Waals surface area contributed by atoms with Gasteiger partial charge in [-0.1, -0.05) is 42.5 Å². The third-order valence-corrected chi connectivity index (χ3v) is 4.85. The molecular weight excluding hydrogens is 376 g/mol. The first kappa shape index (κ1) is 19.4. The molecule has 0 bridgehead atoms. The van der Waals surface area contributed by atoms with Crippen LogP contribution >= 0.6 is 11.8 Å². The average Bonchev–Trinajstić information content (AvgIpc) is 2.96. The Hall–Kier alpha value is -3.32. The zero-order chi connectivity index (χ0) is 19.9. The Morgan fingerprint density at radius 2 is 1.79 bits per heavy atom. The van der Waals surface area contributed by atoms with E-state index in [0.717, 1.165) is 22.2 Å². The molecule has 7 heteroatoms. The summed E-state index contributed by atoms with van der Waals surface area (Å²) in [6.45, 7) is 0.00826. The molecule has 28 heavy (non-hydrogen) atoms. The Labute approximate surface area is 166 Å². The SMILES string of the molecule is O=C(CCN1C(=O)S/C(=C/C=C/c2ccccc2)C1=O)Nc1ccc(O)cc1. The van der Waals surface area contributed by atoms with Crippen LogP contribution in [-0.2, 0) is 9.59 Å². The lowest BCUT2D eigenvalue weighted by molar-refractivity contribution is -0.123. The monoisotopic (exact) mass is 394 g/mol. The molecule has 1 fully saturated rings. The van der Waals surface area contributed by atoms with Crippen molar-refractivity contribution in [3.63, 3.8) is 0 Å². The van der Waals surface area contributed by atoms with E-state index in [1.165, 1.54) is 12.1 Å². The number of phenolic OH excluding ortho intramolecular Hbond substituents is 1. The number of hydrogen-bond donors (Lipinski definition) is 2. The molecule has 0 unspecified atom stereocenters. The van der Waals surface area contributed by atoms with Crippen LogP contribution in [0.15, 0.2) is 71.7 Å². The number of amides is 3. The molecule has 1 heterocycles. The zero-order valence-electron chi connectivity index (χ0n) is 14.9. The van der Waals surface area contributed by atoms with Crippen molar-refractivity contribution < 1.29 is 19.5 Å². The van der Waals surface area contributed by atoms with Crippen LogP contribution in [0.2, 0.25) is 0 Å². The van der Waals surface area contributed by atoms with Gasteiger partial charge in [-0.25, -0.2) is 0 Å². The van der Waals surface area contributed by atoms with Gasteiger partial charge in [0.25, 0.3) is 11.1 Å². The molecule has 1 aliphatic heterocycles. The van der Waals surface area contributed by atoms with Crippen molar-refractivity contribution in [1.29, 1.82) is 0 Å². The third-order valence-electron chi connectivity index (χ3n) is 3.92. The molecule has 0 saturated carbocycles. The van der Waals surface area contributed by atoms with Crippen LogP contribution in [-0.4, -0.2) is 33.6 Å². The molecule has 2 aromatic rings. The predicted molar refractivity (Wildman–Crippen MR) is 110 cm³/mol. The molecule has 0 aliphatic carbocycles. The van der Waals surface area contributed by atoms with Crippen LogP contribution in [0.4, 0.5) is 10.5 Å². The number of phenols is 1. The summed E-state index contributed by atoms with van der Waals surface area (Å²) in [7, 11) is 0. The van der Waals surface area contributed by atoms with Crippen LogP contribution in [0.3, 0.4) is 0 Å². The van der Waals surface area contributed by atoms with E-state index in [-0.39, 0.29) is 29.9 Å². The number of nitrogens with zero attached hydrogens (tertiary/aromatic N) is 1. The quantitative estimate of drug-likeness (QED) is 0.571. The fourth-order valence-corrected chi connectivity index (χ4v) is 3.32. The number of imide groups is 1. The van der Waals surface area contributed by atoms with E-state index in [4.69, 9.17) is 0 Å². The van der Waals surface area contributed by atoms with Crippen LogP contribution in [0.25, 0.3) is 6.08 Å². The lowest BCUT2D eigenvalue weighted by atomic mass is 10.2. The van der Waals surface area contributed by atoms with Crippen LogP contribution < -0.4 is 5.32 Å². The van der Waals surface area contributed by atoms with Crippen LogP contribution in [0.5, 0.6) is 5.75 Å². The van der Waals surface area contributed by atoms with Crippen molar-refractivity contribution in [2.45, 2.75) is 6.42 Å². The second-order valence-electron chi connectivity index (χ2n) is 5.97. The maximum atomic E-state index is 12.4. The van der Waals surface area contributed by atoms with Gasteiger partial charge in [0.2, 0.25) is 5.91 Å². The highest BCUT2D eigenvalue weighted by Crippen LogP contribution is 2.30. The summed E-state index contributed by atoms with van der Waals surface area (Å²) in [5, 5.41) is 11.5. The van der Waals surface area contributed by atoms with Gasteiger partial charge in [-0.2, -0.15) is 0 Å². The summed E-state index contributed by atoms with van der Waals surface area (Å²) in [6.07, 6.45) is 5.17. The number of rotatable bonds is 6. The standard InChI is InChI=1S/C21H18N2O4S/c24-17-11-9-16(10-12-17)22-19(25)13-14-23-20(26)18(28-21(23)27)8-4-7-15-5-2-1-3-6-15/h1-12,24H,13-14H2,(H,22,25)/b7-4+,18-8+. The number of hydrogen-bond acceptors (Lipinski definition) is 5. The average molecular weight is 394 g/mol. The summed E-state index contributed by atoms with van der Waals surface area (Å²) < 4.78 is 0. The maximum absolute atomic E-state index is 12.4. The molecule has 0 radical (unpaired) electrons. The number of thioether (sulfide) groups is 1. The van der Waals surface area contributed by atoms with E-state index in [1.54, 1.807) is 24.3 Å². The van der Waals surface area contributed by atoms with Gasteiger partial charge in [0, 0.05) is 18.7 Å². The van der Waals surface area contributed by atoms with Crippen LogP contribution in [0, 0.1) is 0 Å². The molecule has 2 aromatic carbocycles. The summed E-state index contributed by atoms with van der Waals surface area (Å²) >= 11 is 0.862. The number of carbonyl (C=O) groups excluding carboxylic acids is 3. The number of allylic oxidation sites excluding steroid dienone is 2. The van der Waals surface area contributed by atoms with Gasteiger partial charge in [0.05, 0.1) is 4.91 Å². The van der Waals surface area contributed by atoms with Gasteiger partial charge in [0.15, 0.2) is 0 Å². The van der Waals surface area contributed by atoms with Crippen molar-refractivity contribution in [2.75, 3.05) is 11.9 Å². The van der Waals surface area contributed by atoms with Crippen molar-refractivity contribution >= 4 is 40.6 Å². The zero-order valence-corrected chi connectivity index (χ0v) is 15.7. The summed E-state index contributed by atoms with van der Waals surface area (Å²) in [4.78, 5) is 37.9. The number of nitrogens with one attached hydrogen (secondary N) is 1. The second-order valence-corrected chi connectivity index (χ2v) is 6.96. The minimum Gasteiger partial charge on any atom is -0.508 e. The van der Waals surface area contributed by atoms with Gasteiger partial charge in [-0.15, -0.1) is 0 Å². The highest BCUT2D eigenvalue weighted by Gasteiger charge is 2.34. The topological polar surface area (TPSA) is 86.7 Å². The molecule has 3 amide bonds. The first-order valence-electron chi connectivity index (χ1n) is 8.59. The lowest BCUT2D eigenvalue weighted by Crippen LogP contribution is -2.31. The molecular formula is C21H18N2O4S. The molecule has 0 atom stereocenters. The molecule has 6 nitrogen and oxygen atoms in total. The normalized spacial score (nSPS) is 15.6. The molecule has 1 aliphatic rings. The number of anilines is 1. The van der Waals surface area contributed by atoms with E-state index >= 15 is 0 Å². The Morgan fingerprint density at radius 3 is 2.50 bits per heavy atom. The first-order chi connectivity index (χ1) is 13.5. The van der Waals surface area contributed by atoms with Crippen molar-refractivity contribution in [1.82, 2.24) is 4.90 Å². The predicted octanol–water partition coefficient (Wildman–Crippen LogP) is 4.01. The van der Waals surface area contributed by atoms with E-state index in [0.29, 0.717) is 10.6 Å². The molecule has 2 N–H and O–H groups in total. The van der Waals surface area contributed by atoms with Gasteiger partial charge < -0.3 is 10.4 Å². The Morgan fingerprint density at radius 1 is 1.07 bits per heavy atom. The van der Waals surface area contributed by atoms with Crippen molar-refractivity contribution in [3.05, 3.63) is 77.2 Å². The van der Waals surface area contributed by atoms with E-state index in [2.05, 4.69) is 5.32 Å². The minimum atomic E-state index is -0.398. The lowest BCUT2D eigenvalue weighted by Gasteiger charge is -2.12. The molecule has 142 valence electrons. The number of carbonyl (C=O) groups is 3. The summed E-state index contributed by atoms with van der Waals surface area (Å²) in [6, 6.07) is 15.7. The highest BCUT2D eigenvalue weighted by atomic mass is 32.2. The summed E-state index contributed by atoms with van der Waals surface area (Å²) in [5.74, 6) is -0.619. The van der Waals surface area contributed by atoms with Crippen molar-refractivity contribution in [3.8, 4) is 5.75 Å². The van der Waals surface area contributed by atoms with E-state index < -0.39 is 5.91 Å². The van der Waals surface area contributed by atoms with Crippen LogP contribution in [0.1, 0.15) is 12.0 Å². The first-order valence-corrected chi connectivity index (χ1v) is 9.40. The van der Waals surface area contributed by atoms with Gasteiger partial charge >= 0.3 is 0 Å². The Balaban J connectivity index is 1.54. The van der Waals surface area contributed by atoms with Gasteiger partial charge in [-0.05, 0) is 47.7 Å². The smallest absolute Gasteiger partial charge is 0.293 e. The number of aromatic hydroxyl groups is 1. The number of benzene rings is 2. The molecule has 0 aromatic heterocycles. The minimum absolute atomic E-state index is 0.00789. The molecule has 1 saturated heterocycles. The second kappa shape index (κ2) is 9.05. The van der Waals surface area contributed by atoms with E-state index in [9.17, 15) is 19.5 Å². The highest BCUT2D eigenvalue weighted by molar-refractivity contribution is 8.18. The Bertz CT molecular complexity index is 937. The maximum Gasteiger partial charge on any atom is 0.293 e. The van der Waals surface area contributed by atoms with Gasteiger partial charge in [-0.3, -0.25) is 19.3 Å². The van der Waals surface area contributed by atoms with Gasteiger partial charge in [0.1, 0.15) is 5.75 Å². The Kier molecular flexibility index (Phi) is 6.29. The summed E-state index contributed by atoms with van der Waals surface area (Å²) in [5.41, 5.74) is 1.52. The van der Waals surface area contributed by atoms with Crippen molar-refractivity contribution in [2.24, 2.45) is 0 Å². The third kappa shape index (κ3) is 5.11. The largest absolute Gasteiger partial charge is 0.508 e. The fourth-order valence-electron chi connectivity index (χ4n) is 2.50.